The zero-order valence-electron chi connectivity index (χ0n) is 15.2. The molecule has 0 bridgehead atoms. The highest BCUT2D eigenvalue weighted by Crippen LogP contribution is 2.29. The van der Waals surface area contributed by atoms with E-state index in [4.69, 9.17) is 0 Å². The Labute approximate surface area is 170 Å². The minimum atomic E-state index is -4.41. The molecule has 0 fully saturated rings. The molecule has 2 aromatic carbocycles. The lowest BCUT2D eigenvalue weighted by molar-refractivity contribution is -0.137. The number of alkyl halides is 3. The van der Waals surface area contributed by atoms with Crippen molar-refractivity contribution in [3.8, 4) is 0 Å². The Morgan fingerprint density at radius 3 is 2.28 bits per heavy atom. The normalized spacial score (nSPS) is 12.1. The Bertz CT molecular complexity index is 1060. The highest BCUT2D eigenvalue weighted by atomic mass is 32.2. The number of sulfonamides is 1. The Morgan fingerprint density at radius 2 is 1.72 bits per heavy atom. The average Bonchev–Trinajstić information content (AvgIpc) is 3.06. The molecule has 0 amide bonds. The van der Waals surface area contributed by atoms with Crippen molar-refractivity contribution in [3.63, 3.8) is 0 Å². The molecule has 3 rings (SSSR count). The highest BCUT2D eigenvalue weighted by molar-refractivity contribution is 7.99. The summed E-state index contributed by atoms with van der Waals surface area (Å²) in [5.41, 5.74) is 0.153. The summed E-state index contributed by atoms with van der Waals surface area (Å²) in [5.74, 6) is -0.242. The van der Waals surface area contributed by atoms with E-state index in [1.54, 1.807) is 35.2 Å². The van der Waals surface area contributed by atoms with Gasteiger partial charge in [-0.1, -0.05) is 12.1 Å². The minimum absolute atomic E-state index is 0.105. The van der Waals surface area contributed by atoms with E-state index in [1.165, 1.54) is 23.9 Å². The SMILES string of the molecule is Cn1cnnc1Sc1ccc(NS(=O)(=O)CCc2ccc(C(F)(F)F)cc2)cc1. The molecule has 1 aromatic heterocycles. The van der Waals surface area contributed by atoms with Crippen molar-refractivity contribution >= 4 is 27.5 Å². The summed E-state index contributed by atoms with van der Waals surface area (Å²) in [4.78, 5) is 0.869. The second-order valence-electron chi connectivity index (χ2n) is 6.22. The predicted octanol–water partition coefficient (Wildman–Crippen LogP) is 3.97. The van der Waals surface area contributed by atoms with E-state index in [2.05, 4.69) is 14.9 Å². The lowest BCUT2D eigenvalue weighted by Crippen LogP contribution is -2.18. The Morgan fingerprint density at radius 1 is 1.07 bits per heavy atom. The van der Waals surface area contributed by atoms with Gasteiger partial charge < -0.3 is 4.57 Å². The number of anilines is 1. The zero-order valence-corrected chi connectivity index (χ0v) is 16.9. The molecule has 154 valence electrons. The number of halogens is 3. The van der Waals surface area contributed by atoms with Crippen LogP contribution in [0.5, 0.6) is 0 Å². The molecule has 0 atom stereocenters. The monoisotopic (exact) mass is 442 g/mol. The number of hydrogen-bond donors (Lipinski definition) is 1. The van der Waals surface area contributed by atoms with E-state index in [9.17, 15) is 21.6 Å². The molecule has 1 N–H and O–H groups in total. The van der Waals surface area contributed by atoms with Gasteiger partial charge in [-0.2, -0.15) is 13.2 Å². The van der Waals surface area contributed by atoms with Crippen LogP contribution in [0.2, 0.25) is 0 Å². The molecule has 29 heavy (non-hydrogen) atoms. The minimum Gasteiger partial charge on any atom is -0.311 e. The summed E-state index contributed by atoms with van der Waals surface area (Å²) in [7, 11) is -1.83. The summed E-state index contributed by atoms with van der Waals surface area (Å²) in [6.07, 6.45) is -2.72. The van der Waals surface area contributed by atoms with E-state index >= 15 is 0 Å². The third kappa shape index (κ3) is 5.97. The smallest absolute Gasteiger partial charge is 0.311 e. The van der Waals surface area contributed by atoms with Crippen LogP contribution in [0.3, 0.4) is 0 Å². The van der Waals surface area contributed by atoms with Gasteiger partial charge in [-0.05, 0) is 60.1 Å². The van der Waals surface area contributed by atoms with Crippen molar-refractivity contribution in [2.75, 3.05) is 10.5 Å². The van der Waals surface area contributed by atoms with Crippen LogP contribution in [0.15, 0.2) is 64.9 Å². The summed E-state index contributed by atoms with van der Waals surface area (Å²) < 4.78 is 66.5. The molecule has 0 aliphatic heterocycles. The Kier molecular flexibility index (Phi) is 6.18. The molecular formula is C18H17F3N4O2S2. The van der Waals surface area contributed by atoms with Gasteiger partial charge in [0.15, 0.2) is 5.16 Å². The number of nitrogens with zero attached hydrogens (tertiary/aromatic N) is 3. The van der Waals surface area contributed by atoms with Crippen LogP contribution in [0.1, 0.15) is 11.1 Å². The maximum absolute atomic E-state index is 12.6. The van der Waals surface area contributed by atoms with Gasteiger partial charge in [-0.15, -0.1) is 10.2 Å². The van der Waals surface area contributed by atoms with Crippen molar-refractivity contribution in [2.24, 2.45) is 7.05 Å². The third-order valence-corrected chi connectivity index (χ3v) is 6.30. The van der Waals surface area contributed by atoms with Crippen LogP contribution in [0.25, 0.3) is 0 Å². The predicted molar refractivity (Wildman–Crippen MR) is 104 cm³/mol. The van der Waals surface area contributed by atoms with Crippen molar-refractivity contribution in [1.29, 1.82) is 0 Å². The van der Waals surface area contributed by atoms with Gasteiger partial charge in [0, 0.05) is 17.6 Å². The summed E-state index contributed by atoms with van der Waals surface area (Å²) in [5, 5.41) is 8.46. The molecule has 0 spiro atoms. The molecule has 0 aliphatic carbocycles. The van der Waals surface area contributed by atoms with Crippen LogP contribution in [-0.4, -0.2) is 28.9 Å². The highest BCUT2D eigenvalue weighted by Gasteiger charge is 2.29. The summed E-state index contributed by atoms with van der Waals surface area (Å²) >= 11 is 1.39. The molecule has 0 saturated heterocycles. The molecule has 11 heteroatoms. The maximum Gasteiger partial charge on any atom is 0.416 e. The van der Waals surface area contributed by atoms with E-state index in [0.717, 1.165) is 17.0 Å². The lowest BCUT2D eigenvalue weighted by atomic mass is 10.1. The number of aryl methyl sites for hydroxylation is 2. The number of aromatic nitrogens is 3. The van der Waals surface area contributed by atoms with Gasteiger partial charge in [0.25, 0.3) is 0 Å². The molecule has 1 heterocycles. The molecule has 0 radical (unpaired) electrons. The second-order valence-corrected chi connectivity index (χ2v) is 9.10. The third-order valence-electron chi connectivity index (χ3n) is 3.95. The average molecular weight is 442 g/mol. The van der Waals surface area contributed by atoms with Gasteiger partial charge in [-0.3, -0.25) is 4.72 Å². The maximum atomic E-state index is 12.6. The van der Waals surface area contributed by atoms with Crippen LogP contribution >= 0.6 is 11.8 Å². The Balaban J connectivity index is 1.57. The second kappa shape index (κ2) is 8.46. The van der Waals surface area contributed by atoms with Crippen LogP contribution in [0.4, 0.5) is 18.9 Å². The van der Waals surface area contributed by atoms with Crippen LogP contribution in [-0.2, 0) is 29.7 Å². The van der Waals surface area contributed by atoms with Gasteiger partial charge in [0.2, 0.25) is 10.0 Å². The number of rotatable bonds is 7. The Hall–Kier alpha value is -2.53. The fourth-order valence-corrected chi connectivity index (χ4v) is 4.27. The first kappa shape index (κ1) is 21.2. The zero-order chi connectivity index (χ0) is 21.1. The van der Waals surface area contributed by atoms with Gasteiger partial charge in [0.05, 0.1) is 11.3 Å². The number of benzene rings is 2. The summed E-state index contributed by atoms with van der Waals surface area (Å²) in [6, 6.07) is 11.3. The standard InChI is InChI=1S/C18H17F3N4O2S2/c1-25-12-22-23-17(25)28-16-8-6-15(7-9-16)24-29(26,27)11-10-13-2-4-14(5-3-13)18(19,20)21/h2-9,12,24H,10-11H2,1H3. The fraction of sp³-hybridized carbons (Fsp3) is 0.222. The van der Waals surface area contributed by atoms with Crippen molar-refractivity contribution in [1.82, 2.24) is 14.8 Å². The quantitative estimate of drug-likeness (QED) is 0.599. The van der Waals surface area contributed by atoms with E-state index in [1.807, 2.05) is 7.05 Å². The van der Waals surface area contributed by atoms with Crippen LogP contribution < -0.4 is 4.72 Å². The number of hydrogen-bond acceptors (Lipinski definition) is 5. The van der Waals surface area contributed by atoms with Crippen molar-refractivity contribution < 1.29 is 21.6 Å². The molecule has 0 saturated carbocycles. The van der Waals surface area contributed by atoms with E-state index < -0.39 is 21.8 Å². The fourth-order valence-electron chi connectivity index (χ4n) is 2.40. The topological polar surface area (TPSA) is 76.9 Å². The van der Waals surface area contributed by atoms with Crippen molar-refractivity contribution in [3.05, 3.63) is 66.0 Å². The summed E-state index contributed by atoms with van der Waals surface area (Å²) in [6.45, 7) is 0. The first-order chi connectivity index (χ1) is 13.6. The lowest BCUT2D eigenvalue weighted by Gasteiger charge is -2.10. The van der Waals surface area contributed by atoms with Crippen LogP contribution in [0, 0.1) is 0 Å². The first-order valence-corrected chi connectivity index (χ1v) is 10.9. The first-order valence-electron chi connectivity index (χ1n) is 8.41. The molecule has 3 aromatic rings. The van der Waals surface area contributed by atoms with E-state index in [-0.39, 0.29) is 12.2 Å². The molecule has 0 unspecified atom stereocenters. The van der Waals surface area contributed by atoms with E-state index in [0.29, 0.717) is 16.4 Å². The molecular weight excluding hydrogens is 425 g/mol. The van der Waals surface area contributed by atoms with Gasteiger partial charge >= 0.3 is 6.18 Å². The largest absolute Gasteiger partial charge is 0.416 e. The van der Waals surface area contributed by atoms with Gasteiger partial charge in [0.1, 0.15) is 6.33 Å². The number of nitrogens with one attached hydrogen (secondary N) is 1. The van der Waals surface area contributed by atoms with Crippen molar-refractivity contribution in [2.45, 2.75) is 22.6 Å². The molecule has 0 aliphatic rings. The molecule has 6 nitrogen and oxygen atoms in total. The van der Waals surface area contributed by atoms with Gasteiger partial charge in [-0.25, -0.2) is 8.42 Å².